The van der Waals surface area contributed by atoms with E-state index >= 15 is 0 Å². The number of hydrogen-bond donors (Lipinski definition) is 2. The number of thiazole rings is 1. The van der Waals surface area contributed by atoms with Crippen molar-refractivity contribution in [2.24, 2.45) is 0 Å². The first kappa shape index (κ1) is 16.8. The van der Waals surface area contributed by atoms with E-state index in [1.807, 2.05) is 6.07 Å². The summed E-state index contributed by atoms with van der Waals surface area (Å²) in [5.74, 6) is -0.456. The van der Waals surface area contributed by atoms with Gasteiger partial charge in [0.1, 0.15) is 0 Å². The van der Waals surface area contributed by atoms with Crippen molar-refractivity contribution in [1.82, 2.24) is 4.98 Å². The summed E-state index contributed by atoms with van der Waals surface area (Å²) in [5, 5.41) is 7.09. The number of carbonyl (C=O) groups excluding carboxylic acids is 2. The molecule has 0 aliphatic carbocycles. The Morgan fingerprint density at radius 3 is 2.73 bits per heavy atom. The molecule has 6 nitrogen and oxygen atoms in total. The molecule has 0 radical (unpaired) electrons. The number of halogens is 1. The number of hydrogen-bond acceptors (Lipinski definition) is 6. The maximum Gasteiger partial charge on any atom is 0.291 e. The van der Waals surface area contributed by atoms with E-state index in [1.54, 1.807) is 36.4 Å². The van der Waals surface area contributed by atoms with Gasteiger partial charge in [0.05, 0.1) is 26.4 Å². The van der Waals surface area contributed by atoms with Crippen molar-refractivity contribution in [3.05, 3.63) is 64.4 Å². The van der Waals surface area contributed by atoms with Gasteiger partial charge in [-0.2, -0.15) is 0 Å². The van der Waals surface area contributed by atoms with Gasteiger partial charge in [0.15, 0.2) is 10.9 Å². The lowest BCUT2D eigenvalue weighted by Gasteiger charge is -1.99. The molecule has 3 heterocycles. The minimum absolute atomic E-state index is 0.206. The number of aromatic nitrogens is 1. The summed E-state index contributed by atoms with van der Waals surface area (Å²) in [6, 6.07) is 11.9. The predicted octanol–water partition coefficient (Wildman–Crippen LogP) is 5.11. The van der Waals surface area contributed by atoms with E-state index in [1.165, 1.54) is 28.9 Å². The molecule has 0 spiro atoms. The molecule has 3 aromatic heterocycles. The van der Waals surface area contributed by atoms with E-state index in [2.05, 4.69) is 15.6 Å². The van der Waals surface area contributed by atoms with E-state index in [9.17, 15) is 9.59 Å². The van der Waals surface area contributed by atoms with Crippen LogP contribution in [0.3, 0.4) is 0 Å². The normalized spacial score (nSPS) is 10.8. The summed E-state index contributed by atoms with van der Waals surface area (Å²) in [5.41, 5.74) is 0.732. The number of amides is 2. The Hall–Kier alpha value is -2.68. The van der Waals surface area contributed by atoms with Crippen LogP contribution in [-0.2, 0) is 0 Å². The Kier molecular flexibility index (Phi) is 4.46. The van der Waals surface area contributed by atoms with Crippen LogP contribution in [0.25, 0.3) is 10.2 Å². The molecule has 0 fully saturated rings. The molecule has 0 aliphatic rings. The summed E-state index contributed by atoms with van der Waals surface area (Å²) < 4.78 is 5.97. The van der Waals surface area contributed by atoms with Gasteiger partial charge in [-0.05, 0) is 42.5 Å². The van der Waals surface area contributed by atoms with Gasteiger partial charge < -0.3 is 9.73 Å². The van der Waals surface area contributed by atoms with Gasteiger partial charge >= 0.3 is 0 Å². The Balaban J connectivity index is 1.46. The SMILES string of the molecule is O=C(Nc1ccc(C(=O)Nc2nc3cc(Cl)ccc3s2)s1)c1ccco1. The minimum atomic E-state index is -0.369. The zero-order chi connectivity index (χ0) is 18.1. The van der Waals surface area contributed by atoms with Crippen molar-refractivity contribution in [3.8, 4) is 0 Å². The smallest absolute Gasteiger partial charge is 0.291 e. The summed E-state index contributed by atoms with van der Waals surface area (Å²) in [6.07, 6.45) is 1.42. The van der Waals surface area contributed by atoms with Gasteiger partial charge in [-0.3, -0.25) is 14.9 Å². The molecule has 0 aliphatic heterocycles. The molecule has 1 aromatic carbocycles. The second-order valence-electron chi connectivity index (χ2n) is 5.18. The largest absolute Gasteiger partial charge is 0.459 e. The van der Waals surface area contributed by atoms with Crippen LogP contribution in [0.4, 0.5) is 10.1 Å². The topological polar surface area (TPSA) is 84.2 Å². The molecular weight excluding hydrogens is 394 g/mol. The lowest BCUT2D eigenvalue weighted by Crippen LogP contribution is -2.10. The molecular formula is C17H10ClN3O3S2. The maximum atomic E-state index is 12.4. The number of rotatable bonds is 4. The zero-order valence-electron chi connectivity index (χ0n) is 13.0. The van der Waals surface area contributed by atoms with Gasteiger partial charge in [-0.25, -0.2) is 4.98 Å². The fraction of sp³-hybridized carbons (Fsp3) is 0. The molecule has 2 N–H and O–H groups in total. The van der Waals surface area contributed by atoms with Crippen molar-refractivity contribution < 1.29 is 14.0 Å². The first-order valence-electron chi connectivity index (χ1n) is 7.40. The highest BCUT2D eigenvalue weighted by Crippen LogP contribution is 2.29. The van der Waals surface area contributed by atoms with E-state index in [0.29, 0.717) is 20.0 Å². The van der Waals surface area contributed by atoms with Crippen molar-refractivity contribution in [2.45, 2.75) is 0 Å². The number of thiophene rings is 1. The van der Waals surface area contributed by atoms with Gasteiger partial charge in [0.2, 0.25) is 0 Å². The highest BCUT2D eigenvalue weighted by atomic mass is 35.5. The number of anilines is 2. The molecule has 0 unspecified atom stereocenters. The molecule has 2 amide bonds. The van der Waals surface area contributed by atoms with Crippen LogP contribution in [0.15, 0.2) is 53.1 Å². The molecule has 9 heteroatoms. The van der Waals surface area contributed by atoms with E-state index < -0.39 is 0 Å². The van der Waals surface area contributed by atoms with Crippen LogP contribution in [0.1, 0.15) is 20.2 Å². The van der Waals surface area contributed by atoms with Crippen LogP contribution in [0, 0.1) is 0 Å². The monoisotopic (exact) mass is 403 g/mol. The third-order valence-electron chi connectivity index (χ3n) is 3.38. The van der Waals surface area contributed by atoms with Crippen LogP contribution < -0.4 is 10.6 Å². The van der Waals surface area contributed by atoms with Crippen molar-refractivity contribution >= 4 is 66.4 Å². The van der Waals surface area contributed by atoms with E-state index in [4.69, 9.17) is 16.0 Å². The van der Waals surface area contributed by atoms with Crippen LogP contribution in [0.5, 0.6) is 0 Å². The number of carbonyl (C=O) groups is 2. The quantitative estimate of drug-likeness (QED) is 0.496. The van der Waals surface area contributed by atoms with E-state index in [0.717, 1.165) is 10.2 Å². The number of furan rings is 1. The summed E-state index contributed by atoms with van der Waals surface area (Å²) in [6.45, 7) is 0. The van der Waals surface area contributed by atoms with Crippen molar-refractivity contribution in [1.29, 1.82) is 0 Å². The second kappa shape index (κ2) is 6.91. The number of fused-ring (bicyclic) bond motifs is 1. The summed E-state index contributed by atoms with van der Waals surface area (Å²) >= 11 is 8.48. The molecule has 0 saturated carbocycles. The van der Waals surface area contributed by atoms with Crippen LogP contribution in [0.2, 0.25) is 5.02 Å². The van der Waals surface area contributed by atoms with Crippen LogP contribution >= 0.6 is 34.3 Å². The molecule has 4 rings (SSSR count). The lowest BCUT2D eigenvalue weighted by molar-refractivity contribution is 0.0995. The van der Waals surface area contributed by atoms with Gasteiger partial charge in [0.25, 0.3) is 11.8 Å². The molecule has 0 bridgehead atoms. The molecule has 4 aromatic rings. The third-order valence-corrected chi connectivity index (χ3v) is 5.57. The highest BCUT2D eigenvalue weighted by Gasteiger charge is 2.15. The van der Waals surface area contributed by atoms with E-state index in [-0.39, 0.29) is 17.6 Å². The zero-order valence-corrected chi connectivity index (χ0v) is 15.4. The first-order valence-corrected chi connectivity index (χ1v) is 9.42. The van der Waals surface area contributed by atoms with Crippen molar-refractivity contribution in [3.63, 3.8) is 0 Å². The molecule has 0 saturated heterocycles. The third kappa shape index (κ3) is 3.48. The maximum absolute atomic E-state index is 12.4. The van der Waals surface area contributed by atoms with Crippen LogP contribution in [-0.4, -0.2) is 16.8 Å². The average molecular weight is 404 g/mol. The summed E-state index contributed by atoms with van der Waals surface area (Å²) in [7, 11) is 0. The first-order chi connectivity index (χ1) is 12.6. The standard InChI is InChI=1S/C17H10ClN3O3S2/c18-9-3-4-12-10(8-9)19-17(26-12)21-16(23)13-5-6-14(25-13)20-15(22)11-2-1-7-24-11/h1-8H,(H,20,22)(H,19,21,23). The second-order valence-corrected chi connectivity index (χ2v) is 7.73. The highest BCUT2D eigenvalue weighted by molar-refractivity contribution is 7.22. The number of benzene rings is 1. The molecule has 0 atom stereocenters. The average Bonchev–Trinajstić information content (AvgIpc) is 3.34. The fourth-order valence-corrected chi connectivity index (χ4v) is 4.03. The number of nitrogens with one attached hydrogen (secondary N) is 2. The Labute approximate surface area is 160 Å². The predicted molar refractivity (Wildman–Crippen MR) is 104 cm³/mol. The lowest BCUT2D eigenvalue weighted by atomic mass is 10.3. The minimum Gasteiger partial charge on any atom is -0.459 e. The summed E-state index contributed by atoms with van der Waals surface area (Å²) in [4.78, 5) is 29.2. The van der Waals surface area contributed by atoms with Crippen molar-refractivity contribution in [2.75, 3.05) is 10.6 Å². The van der Waals surface area contributed by atoms with Gasteiger partial charge in [0, 0.05) is 5.02 Å². The molecule has 130 valence electrons. The van der Waals surface area contributed by atoms with Gasteiger partial charge in [-0.15, -0.1) is 11.3 Å². The Morgan fingerprint density at radius 2 is 1.92 bits per heavy atom. The Bertz CT molecular complexity index is 1100. The Morgan fingerprint density at radius 1 is 1.04 bits per heavy atom. The molecule has 26 heavy (non-hydrogen) atoms. The number of nitrogens with zero attached hydrogens (tertiary/aromatic N) is 1. The van der Waals surface area contributed by atoms with Gasteiger partial charge in [-0.1, -0.05) is 22.9 Å². The fourth-order valence-electron chi connectivity index (χ4n) is 2.22.